The smallest absolute Gasteiger partial charge is 0.274 e. The summed E-state index contributed by atoms with van der Waals surface area (Å²) in [4.78, 5) is 35.6. The standard InChI is InChI=1S/C21H29ClN6O2/c1-5-26(6-2)19(29)14-25-9-11-27(12-10-25)21(30)20-17(22)7-8-18(23-20)28-16(4)13-15(3)24-28/h7-8,13H,5-6,9-12,14H2,1-4H3. The number of carbonyl (C=O) groups excluding carboxylic acids is 2. The quantitative estimate of drug-likeness (QED) is 0.699. The van der Waals surface area contributed by atoms with Gasteiger partial charge in [-0.2, -0.15) is 5.10 Å². The molecular weight excluding hydrogens is 404 g/mol. The Labute approximate surface area is 182 Å². The Balaban J connectivity index is 1.67. The van der Waals surface area contributed by atoms with Crippen LogP contribution >= 0.6 is 11.6 Å². The highest BCUT2D eigenvalue weighted by Crippen LogP contribution is 2.20. The van der Waals surface area contributed by atoms with Gasteiger partial charge in [-0.3, -0.25) is 14.5 Å². The minimum Gasteiger partial charge on any atom is -0.342 e. The van der Waals surface area contributed by atoms with Crippen LogP contribution in [0.5, 0.6) is 0 Å². The first kappa shape index (κ1) is 22.2. The second kappa shape index (κ2) is 9.57. The SMILES string of the molecule is CCN(CC)C(=O)CN1CCN(C(=O)c2nc(-n3nc(C)cc3C)ccc2Cl)CC1. The van der Waals surface area contributed by atoms with Gasteiger partial charge in [0, 0.05) is 45.0 Å². The van der Waals surface area contributed by atoms with E-state index in [-0.39, 0.29) is 17.5 Å². The van der Waals surface area contributed by atoms with E-state index in [9.17, 15) is 9.59 Å². The van der Waals surface area contributed by atoms with Gasteiger partial charge in [-0.1, -0.05) is 11.6 Å². The fourth-order valence-electron chi connectivity index (χ4n) is 3.69. The van der Waals surface area contributed by atoms with Crippen molar-refractivity contribution < 1.29 is 9.59 Å². The van der Waals surface area contributed by atoms with E-state index < -0.39 is 0 Å². The highest BCUT2D eigenvalue weighted by atomic mass is 35.5. The van der Waals surface area contributed by atoms with Crippen molar-refractivity contribution >= 4 is 23.4 Å². The third-order valence-corrected chi connectivity index (χ3v) is 5.70. The van der Waals surface area contributed by atoms with Gasteiger partial charge in [0.1, 0.15) is 5.69 Å². The lowest BCUT2D eigenvalue weighted by Gasteiger charge is -2.35. The van der Waals surface area contributed by atoms with Gasteiger partial charge in [-0.05, 0) is 45.9 Å². The molecule has 0 aliphatic carbocycles. The topological polar surface area (TPSA) is 74.6 Å². The van der Waals surface area contributed by atoms with E-state index in [1.807, 2.05) is 38.7 Å². The summed E-state index contributed by atoms with van der Waals surface area (Å²) in [5.74, 6) is 0.497. The van der Waals surface area contributed by atoms with Crippen molar-refractivity contribution in [2.24, 2.45) is 0 Å². The molecule has 0 N–H and O–H groups in total. The maximum Gasteiger partial charge on any atom is 0.274 e. The van der Waals surface area contributed by atoms with Crippen molar-refractivity contribution in [1.29, 1.82) is 0 Å². The summed E-state index contributed by atoms with van der Waals surface area (Å²) in [5, 5.41) is 4.76. The minimum atomic E-state index is -0.196. The monoisotopic (exact) mass is 432 g/mol. The molecule has 3 rings (SSSR count). The average molecular weight is 433 g/mol. The number of halogens is 1. The number of likely N-dealkylation sites (N-methyl/N-ethyl adjacent to an activating group) is 1. The van der Waals surface area contributed by atoms with E-state index in [0.717, 1.165) is 11.4 Å². The Kier molecular flexibility index (Phi) is 7.10. The summed E-state index contributed by atoms with van der Waals surface area (Å²) >= 11 is 6.31. The first-order valence-corrected chi connectivity index (χ1v) is 10.7. The lowest BCUT2D eigenvalue weighted by molar-refractivity contribution is -0.132. The van der Waals surface area contributed by atoms with Crippen molar-refractivity contribution in [2.45, 2.75) is 27.7 Å². The molecule has 0 aromatic carbocycles. The lowest BCUT2D eigenvalue weighted by Crippen LogP contribution is -2.51. The Morgan fingerprint density at radius 3 is 2.33 bits per heavy atom. The molecule has 3 heterocycles. The molecular formula is C21H29ClN6O2. The number of nitrogens with zero attached hydrogens (tertiary/aromatic N) is 6. The molecule has 30 heavy (non-hydrogen) atoms. The van der Waals surface area contributed by atoms with Gasteiger partial charge < -0.3 is 9.80 Å². The zero-order valence-corrected chi connectivity index (χ0v) is 18.8. The normalized spacial score (nSPS) is 14.8. The minimum absolute atomic E-state index is 0.127. The summed E-state index contributed by atoms with van der Waals surface area (Å²) in [6.45, 7) is 12.0. The molecule has 1 fully saturated rings. The molecule has 0 radical (unpaired) electrons. The second-order valence-electron chi connectivity index (χ2n) is 7.47. The number of rotatable bonds is 6. The molecule has 0 spiro atoms. The molecule has 0 bridgehead atoms. The lowest BCUT2D eigenvalue weighted by atomic mass is 10.2. The van der Waals surface area contributed by atoms with Gasteiger partial charge in [-0.15, -0.1) is 0 Å². The van der Waals surface area contributed by atoms with Crippen molar-refractivity contribution in [2.75, 3.05) is 45.8 Å². The predicted octanol–water partition coefficient (Wildman–Crippen LogP) is 2.16. The van der Waals surface area contributed by atoms with E-state index in [2.05, 4.69) is 15.0 Å². The van der Waals surface area contributed by atoms with E-state index in [0.29, 0.717) is 56.7 Å². The zero-order chi connectivity index (χ0) is 21.8. The fraction of sp³-hybridized carbons (Fsp3) is 0.524. The highest BCUT2D eigenvalue weighted by molar-refractivity contribution is 6.33. The Morgan fingerprint density at radius 1 is 1.10 bits per heavy atom. The van der Waals surface area contributed by atoms with Gasteiger partial charge in [0.25, 0.3) is 5.91 Å². The van der Waals surface area contributed by atoms with E-state index in [4.69, 9.17) is 11.6 Å². The molecule has 162 valence electrons. The number of hydrogen-bond donors (Lipinski definition) is 0. The first-order valence-electron chi connectivity index (χ1n) is 10.3. The average Bonchev–Trinajstić information content (AvgIpc) is 3.07. The predicted molar refractivity (Wildman–Crippen MR) is 116 cm³/mol. The number of hydrogen-bond acceptors (Lipinski definition) is 5. The maximum atomic E-state index is 13.1. The van der Waals surface area contributed by atoms with Crippen molar-refractivity contribution in [3.05, 3.63) is 40.3 Å². The van der Waals surface area contributed by atoms with Crippen LogP contribution in [0.25, 0.3) is 5.82 Å². The number of pyridine rings is 1. The zero-order valence-electron chi connectivity index (χ0n) is 18.1. The number of aromatic nitrogens is 3. The van der Waals surface area contributed by atoms with Crippen LogP contribution in [0, 0.1) is 13.8 Å². The van der Waals surface area contributed by atoms with Crippen molar-refractivity contribution in [1.82, 2.24) is 29.5 Å². The van der Waals surface area contributed by atoms with Crippen molar-refractivity contribution in [3.63, 3.8) is 0 Å². The highest BCUT2D eigenvalue weighted by Gasteiger charge is 2.26. The van der Waals surface area contributed by atoms with Crippen LogP contribution in [0.1, 0.15) is 35.7 Å². The van der Waals surface area contributed by atoms with Gasteiger partial charge >= 0.3 is 0 Å². The summed E-state index contributed by atoms with van der Waals surface area (Å²) < 4.78 is 1.71. The molecule has 2 aromatic rings. The molecule has 1 aliphatic rings. The van der Waals surface area contributed by atoms with Crippen LogP contribution in [0.15, 0.2) is 18.2 Å². The van der Waals surface area contributed by atoms with Gasteiger partial charge in [0.15, 0.2) is 5.82 Å². The summed E-state index contributed by atoms with van der Waals surface area (Å²) in [7, 11) is 0. The molecule has 2 amide bonds. The van der Waals surface area contributed by atoms with Crippen LogP contribution in [0.4, 0.5) is 0 Å². The number of carbonyl (C=O) groups is 2. The van der Waals surface area contributed by atoms with Gasteiger partial charge in [0.05, 0.1) is 17.3 Å². The van der Waals surface area contributed by atoms with Gasteiger partial charge in [-0.25, -0.2) is 9.67 Å². The van der Waals surface area contributed by atoms with Crippen LogP contribution in [0.2, 0.25) is 5.02 Å². The van der Waals surface area contributed by atoms with Gasteiger partial charge in [0.2, 0.25) is 5.91 Å². The summed E-state index contributed by atoms with van der Waals surface area (Å²) in [6.07, 6.45) is 0. The van der Waals surface area contributed by atoms with Crippen LogP contribution in [-0.4, -0.2) is 87.1 Å². The fourth-order valence-corrected chi connectivity index (χ4v) is 3.87. The Morgan fingerprint density at radius 2 is 1.77 bits per heavy atom. The molecule has 0 atom stereocenters. The van der Waals surface area contributed by atoms with Crippen molar-refractivity contribution in [3.8, 4) is 5.82 Å². The molecule has 1 aliphatic heterocycles. The van der Waals surface area contributed by atoms with Crippen LogP contribution in [0.3, 0.4) is 0 Å². The Bertz CT molecular complexity index is 916. The molecule has 0 unspecified atom stereocenters. The van der Waals surface area contributed by atoms with Crippen LogP contribution in [-0.2, 0) is 4.79 Å². The summed E-state index contributed by atoms with van der Waals surface area (Å²) in [5.41, 5.74) is 2.05. The van der Waals surface area contributed by atoms with E-state index >= 15 is 0 Å². The second-order valence-corrected chi connectivity index (χ2v) is 7.88. The van der Waals surface area contributed by atoms with E-state index in [1.54, 1.807) is 21.7 Å². The molecule has 9 heteroatoms. The maximum absolute atomic E-state index is 13.1. The summed E-state index contributed by atoms with van der Waals surface area (Å²) in [6, 6.07) is 5.40. The third-order valence-electron chi connectivity index (χ3n) is 5.40. The van der Waals surface area contributed by atoms with Crippen LogP contribution < -0.4 is 0 Å². The molecule has 0 saturated carbocycles. The molecule has 2 aromatic heterocycles. The number of aryl methyl sites for hydroxylation is 2. The number of amides is 2. The number of piperazine rings is 1. The Hall–Kier alpha value is -2.45. The first-order chi connectivity index (χ1) is 14.3. The largest absolute Gasteiger partial charge is 0.342 e. The molecule has 8 nitrogen and oxygen atoms in total. The molecule has 1 saturated heterocycles. The van der Waals surface area contributed by atoms with E-state index in [1.165, 1.54) is 0 Å². The third kappa shape index (κ3) is 4.82.